The van der Waals surface area contributed by atoms with Gasteiger partial charge in [0.1, 0.15) is 5.69 Å². The van der Waals surface area contributed by atoms with Crippen molar-refractivity contribution < 1.29 is 0 Å². The third kappa shape index (κ3) is 3.82. The normalized spacial score (nSPS) is 10.9. The van der Waals surface area contributed by atoms with Crippen LogP contribution in [-0.4, -0.2) is 20.2 Å². The van der Waals surface area contributed by atoms with E-state index >= 15 is 0 Å². The summed E-state index contributed by atoms with van der Waals surface area (Å²) in [6.07, 6.45) is 7.13. The van der Waals surface area contributed by atoms with Gasteiger partial charge in [-0.15, -0.1) is 0 Å². The molecular formula is C16H19BrN4. The fourth-order valence-corrected chi connectivity index (χ4v) is 2.28. The Labute approximate surface area is 132 Å². The first-order valence-electron chi connectivity index (χ1n) is 6.92. The second-order valence-electron chi connectivity index (χ2n) is 4.65. The van der Waals surface area contributed by atoms with Crippen LogP contribution in [0.3, 0.4) is 0 Å². The molecule has 0 bridgehead atoms. The summed E-state index contributed by atoms with van der Waals surface area (Å²) < 4.78 is 1.04. The van der Waals surface area contributed by atoms with Crippen molar-refractivity contribution in [3.05, 3.63) is 46.6 Å². The van der Waals surface area contributed by atoms with Gasteiger partial charge in [0.25, 0.3) is 0 Å². The van der Waals surface area contributed by atoms with E-state index in [9.17, 15) is 0 Å². The lowest BCUT2D eigenvalue weighted by molar-refractivity contribution is 1.08. The number of hydrogen-bond acceptors (Lipinski definition) is 2. The van der Waals surface area contributed by atoms with Crippen molar-refractivity contribution in [1.82, 2.24) is 20.2 Å². The van der Waals surface area contributed by atoms with E-state index in [4.69, 9.17) is 0 Å². The Hall–Kier alpha value is -1.88. The molecule has 110 valence electrons. The molecule has 0 fully saturated rings. The van der Waals surface area contributed by atoms with Crippen LogP contribution in [0.1, 0.15) is 25.8 Å². The van der Waals surface area contributed by atoms with Gasteiger partial charge in [0.05, 0.1) is 17.2 Å². The summed E-state index contributed by atoms with van der Waals surface area (Å²) in [6, 6.07) is 5.97. The number of aromatic amines is 2. The first kappa shape index (κ1) is 15.5. The molecule has 0 radical (unpaired) electrons. The highest BCUT2D eigenvalue weighted by Crippen LogP contribution is 2.23. The van der Waals surface area contributed by atoms with Crippen LogP contribution in [0, 0.1) is 6.92 Å². The van der Waals surface area contributed by atoms with Gasteiger partial charge in [-0.25, -0.2) is 4.98 Å². The van der Waals surface area contributed by atoms with Crippen LogP contribution in [0.4, 0.5) is 0 Å². The second-order valence-corrected chi connectivity index (χ2v) is 5.57. The summed E-state index contributed by atoms with van der Waals surface area (Å²) in [5.74, 6) is 0.822. The summed E-state index contributed by atoms with van der Waals surface area (Å²) in [7, 11) is 0. The van der Waals surface area contributed by atoms with Crippen LogP contribution in [0.25, 0.3) is 22.6 Å². The van der Waals surface area contributed by atoms with Crippen molar-refractivity contribution in [3.63, 3.8) is 0 Å². The van der Waals surface area contributed by atoms with E-state index in [2.05, 4.69) is 55.2 Å². The highest BCUT2D eigenvalue weighted by atomic mass is 79.9. The van der Waals surface area contributed by atoms with Gasteiger partial charge in [-0.1, -0.05) is 35.0 Å². The van der Waals surface area contributed by atoms with Crippen molar-refractivity contribution in [2.45, 2.75) is 27.2 Å². The van der Waals surface area contributed by atoms with Gasteiger partial charge >= 0.3 is 0 Å². The SMILES string of the molecule is C/C=C\CC.Cc1cn[nH]c1-c1nc2ccc(Br)cc2[nH]1. The van der Waals surface area contributed by atoms with Crippen LogP contribution < -0.4 is 0 Å². The first-order chi connectivity index (χ1) is 10.2. The van der Waals surface area contributed by atoms with Gasteiger partial charge in [-0.2, -0.15) is 5.10 Å². The van der Waals surface area contributed by atoms with E-state index in [-0.39, 0.29) is 0 Å². The molecule has 2 aromatic heterocycles. The minimum absolute atomic E-state index is 0.822. The Morgan fingerprint density at radius 2 is 2.14 bits per heavy atom. The molecule has 5 heteroatoms. The zero-order chi connectivity index (χ0) is 15.2. The molecule has 2 heterocycles. The zero-order valence-electron chi connectivity index (χ0n) is 12.4. The molecule has 0 unspecified atom stereocenters. The number of halogens is 1. The van der Waals surface area contributed by atoms with Crippen molar-refractivity contribution in [2.75, 3.05) is 0 Å². The second kappa shape index (κ2) is 7.22. The highest BCUT2D eigenvalue weighted by molar-refractivity contribution is 9.10. The maximum atomic E-state index is 4.51. The number of benzene rings is 1. The molecule has 0 saturated heterocycles. The fraction of sp³-hybridized carbons (Fsp3) is 0.250. The standard InChI is InChI=1S/C11H9BrN4.C5H10/c1-6-5-13-16-10(6)11-14-8-3-2-7(12)4-9(8)15-11;1-3-5-4-2/h2-5H,1H3,(H,13,16)(H,14,15);3,5H,4H2,1-2H3/b;5-3-. The smallest absolute Gasteiger partial charge is 0.156 e. The van der Waals surface area contributed by atoms with Crippen LogP contribution in [0.2, 0.25) is 0 Å². The zero-order valence-corrected chi connectivity index (χ0v) is 14.0. The molecule has 0 aliphatic rings. The quantitative estimate of drug-likeness (QED) is 0.641. The molecule has 0 aliphatic heterocycles. The number of nitrogens with one attached hydrogen (secondary N) is 2. The number of fused-ring (bicyclic) bond motifs is 1. The molecule has 0 aliphatic carbocycles. The Morgan fingerprint density at radius 3 is 2.71 bits per heavy atom. The average Bonchev–Trinajstić information content (AvgIpc) is 3.05. The van der Waals surface area contributed by atoms with Gasteiger partial charge in [0.15, 0.2) is 5.82 Å². The van der Waals surface area contributed by atoms with Crippen molar-refractivity contribution in [3.8, 4) is 11.5 Å². The number of imidazole rings is 1. The van der Waals surface area contributed by atoms with E-state index < -0.39 is 0 Å². The Bertz CT molecular complexity index is 740. The average molecular weight is 347 g/mol. The summed E-state index contributed by atoms with van der Waals surface area (Å²) >= 11 is 3.44. The van der Waals surface area contributed by atoms with E-state index in [0.29, 0.717) is 0 Å². The van der Waals surface area contributed by atoms with Crippen LogP contribution in [0.15, 0.2) is 41.0 Å². The van der Waals surface area contributed by atoms with E-state index in [1.807, 2.05) is 32.0 Å². The van der Waals surface area contributed by atoms with Gasteiger partial charge in [-0.05, 0) is 44.0 Å². The van der Waals surface area contributed by atoms with Gasteiger partial charge in [-0.3, -0.25) is 5.10 Å². The lowest BCUT2D eigenvalue weighted by Gasteiger charge is -1.91. The number of nitrogens with zero attached hydrogens (tertiary/aromatic N) is 2. The topological polar surface area (TPSA) is 57.4 Å². The molecule has 3 rings (SSSR count). The predicted octanol–water partition coefficient (Wildman–Crippen LogP) is 5.00. The maximum Gasteiger partial charge on any atom is 0.156 e. The molecule has 0 spiro atoms. The fourth-order valence-electron chi connectivity index (χ4n) is 1.92. The molecule has 21 heavy (non-hydrogen) atoms. The third-order valence-corrected chi connectivity index (χ3v) is 3.47. The maximum absolute atomic E-state index is 4.51. The molecule has 2 N–H and O–H groups in total. The van der Waals surface area contributed by atoms with Crippen molar-refractivity contribution in [1.29, 1.82) is 0 Å². The number of aromatic nitrogens is 4. The molecule has 0 saturated carbocycles. The van der Waals surface area contributed by atoms with Crippen LogP contribution >= 0.6 is 15.9 Å². The van der Waals surface area contributed by atoms with Gasteiger partial charge < -0.3 is 4.98 Å². The summed E-state index contributed by atoms with van der Waals surface area (Å²) in [5, 5.41) is 6.93. The van der Waals surface area contributed by atoms with Crippen LogP contribution in [-0.2, 0) is 0 Å². The molecule has 4 nitrogen and oxygen atoms in total. The Morgan fingerprint density at radius 1 is 1.33 bits per heavy atom. The molecular weight excluding hydrogens is 328 g/mol. The Kier molecular flexibility index (Phi) is 5.33. The number of hydrogen-bond donors (Lipinski definition) is 2. The Balaban J connectivity index is 0.000000282. The minimum atomic E-state index is 0.822. The number of aryl methyl sites for hydroxylation is 1. The van der Waals surface area contributed by atoms with Gasteiger partial charge in [0.2, 0.25) is 0 Å². The third-order valence-electron chi connectivity index (χ3n) is 2.98. The minimum Gasteiger partial charge on any atom is -0.337 e. The number of rotatable bonds is 2. The number of H-pyrrole nitrogens is 2. The molecule has 0 atom stereocenters. The van der Waals surface area contributed by atoms with Gasteiger partial charge in [0, 0.05) is 4.47 Å². The van der Waals surface area contributed by atoms with E-state index in [1.54, 1.807) is 6.20 Å². The summed E-state index contributed by atoms with van der Waals surface area (Å²) in [6.45, 7) is 6.16. The summed E-state index contributed by atoms with van der Waals surface area (Å²) in [5.41, 5.74) is 3.98. The van der Waals surface area contributed by atoms with E-state index in [1.165, 1.54) is 0 Å². The summed E-state index contributed by atoms with van der Waals surface area (Å²) in [4.78, 5) is 7.78. The monoisotopic (exact) mass is 346 g/mol. The lowest BCUT2D eigenvalue weighted by Crippen LogP contribution is -1.82. The highest BCUT2D eigenvalue weighted by Gasteiger charge is 2.09. The predicted molar refractivity (Wildman–Crippen MR) is 91.2 cm³/mol. The lowest BCUT2D eigenvalue weighted by atomic mass is 10.3. The number of allylic oxidation sites excluding steroid dienone is 2. The molecule has 0 amide bonds. The van der Waals surface area contributed by atoms with E-state index in [0.717, 1.165) is 39.0 Å². The van der Waals surface area contributed by atoms with Crippen LogP contribution in [0.5, 0.6) is 0 Å². The largest absolute Gasteiger partial charge is 0.337 e. The van der Waals surface area contributed by atoms with Crippen molar-refractivity contribution in [2.24, 2.45) is 0 Å². The first-order valence-corrected chi connectivity index (χ1v) is 7.71. The molecule has 3 aromatic rings. The molecule has 1 aromatic carbocycles. The van der Waals surface area contributed by atoms with Crippen molar-refractivity contribution >= 4 is 27.0 Å².